The van der Waals surface area contributed by atoms with Crippen molar-refractivity contribution in [3.8, 4) is 0 Å². The number of rotatable bonds is 2. The number of nitrogens with zero attached hydrogens (tertiary/aromatic N) is 1. The van der Waals surface area contributed by atoms with Crippen molar-refractivity contribution in [2.75, 3.05) is 5.75 Å². The number of hydrogen-bond acceptors (Lipinski definition) is 4. The van der Waals surface area contributed by atoms with Crippen molar-refractivity contribution in [1.29, 1.82) is 5.41 Å². The van der Waals surface area contributed by atoms with Crippen LogP contribution in [0.5, 0.6) is 0 Å². The number of amides is 1. The lowest BCUT2D eigenvalue weighted by atomic mass is 10.0. The van der Waals surface area contributed by atoms with E-state index in [1.54, 1.807) is 23.1 Å². The summed E-state index contributed by atoms with van der Waals surface area (Å²) >= 11 is 9.12. The van der Waals surface area contributed by atoms with Crippen molar-refractivity contribution < 1.29 is 4.79 Å². The Morgan fingerprint density at radius 1 is 1.53 bits per heavy atom. The highest BCUT2D eigenvalue weighted by molar-refractivity contribution is 8.03. The minimum absolute atomic E-state index is 0.0385. The van der Waals surface area contributed by atoms with Gasteiger partial charge in [0, 0.05) is 28.4 Å². The van der Waals surface area contributed by atoms with Crippen LogP contribution in [0.2, 0.25) is 0 Å². The maximum Gasteiger partial charge on any atom is 0.246 e. The van der Waals surface area contributed by atoms with Gasteiger partial charge in [-0.05, 0) is 22.4 Å². The zero-order valence-electron chi connectivity index (χ0n) is 9.93. The van der Waals surface area contributed by atoms with E-state index in [1.807, 2.05) is 0 Å². The topological polar surface area (TPSA) is 56.2 Å². The summed E-state index contributed by atoms with van der Waals surface area (Å²) < 4.78 is 0.840. The summed E-state index contributed by atoms with van der Waals surface area (Å²) in [5, 5.41) is 14.8. The van der Waals surface area contributed by atoms with Gasteiger partial charge in [0.25, 0.3) is 0 Å². The first-order chi connectivity index (χ1) is 9.15. The Kier molecular flexibility index (Phi) is 3.56. The Morgan fingerprint density at radius 3 is 3.05 bits per heavy atom. The first kappa shape index (κ1) is 13.0. The van der Waals surface area contributed by atoms with Gasteiger partial charge in [-0.25, -0.2) is 0 Å². The lowest BCUT2D eigenvalue weighted by Gasteiger charge is -2.29. The number of thioether (sulfide) groups is 1. The zero-order valence-corrected chi connectivity index (χ0v) is 12.3. The van der Waals surface area contributed by atoms with Crippen LogP contribution in [0.15, 0.2) is 27.8 Å². The van der Waals surface area contributed by atoms with Crippen LogP contribution in [-0.2, 0) is 4.79 Å². The van der Waals surface area contributed by atoms with Crippen molar-refractivity contribution in [2.45, 2.75) is 18.4 Å². The highest BCUT2D eigenvalue weighted by Gasteiger charge is 2.33. The van der Waals surface area contributed by atoms with Crippen molar-refractivity contribution in [2.24, 2.45) is 0 Å². The van der Waals surface area contributed by atoms with Crippen LogP contribution >= 0.6 is 34.9 Å². The Bertz CT molecular complexity index is 525. The van der Waals surface area contributed by atoms with E-state index < -0.39 is 0 Å². The molecular weight excluding hydrogens is 302 g/mol. The second-order valence-electron chi connectivity index (χ2n) is 4.47. The molecule has 0 aliphatic carbocycles. The molecule has 7 heteroatoms. The molecule has 2 atom stereocenters. The monoisotopic (exact) mass is 313 g/mol. The normalized spacial score (nSPS) is 27.4. The molecule has 0 spiro atoms. The number of carbonyl (C=O) groups excluding carboxylic acids is 1. The molecule has 100 valence electrons. The largest absolute Gasteiger partial charge is 0.347 e. The summed E-state index contributed by atoms with van der Waals surface area (Å²) in [7, 11) is 0. The molecule has 1 fully saturated rings. The van der Waals surface area contributed by atoms with E-state index in [-0.39, 0.29) is 17.9 Å². The zero-order chi connectivity index (χ0) is 13.4. The third kappa shape index (κ3) is 2.52. The second-order valence-corrected chi connectivity index (χ2v) is 6.68. The molecule has 0 bridgehead atoms. The number of nitrogens with one attached hydrogen (secondary N) is 2. The average Bonchev–Trinajstić information content (AvgIpc) is 3.05. The molecule has 4 nitrogen and oxygen atoms in total. The molecule has 2 N–H and O–H groups in total. The molecule has 3 rings (SSSR count). The first-order valence-corrected chi connectivity index (χ1v) is 8.12. The quantitative estimate of drug-likeness (QED) is 0.825. The lowest BCUT2D eigenvalue weighted by Crippen LogP contribution is -2.51. The van der Waals surface area contributed by atoms with Gasteiger partial charge in [0.2, 0.25) is 11.9 Å². The van der Waals surface area contributed by atoms with E-state index in [1.165, 1.54) is 5.56 Å². The fourth-order valence-corrected chi connectivity index (χ4v) is 4.31. The fourth-order valence-electron chi connectivity index (χ4n) is 2.20. The van der Waals surface area contributed by atoms with Gasteiger partial charge >= 0.3 is 0 Å². The van der Waals surface area contributed by atoms with Gasteiger partial charge in [-0.2, -0.15) is 15.8 Å². The summed E-state index contributed by atoms with van der Waals surface area (Å²) in [6.45, 7) is 0. The SMILES string of the molecule is N=C1N[C@H](C2=CC(c3ccsc3)CS2)CC(=O)N1Cl. The van der Waals surface area contributed by atoms with Crippen LogP contribution in [-0.4, -0.2) is 28.1 Å². The molecular formula is C12H12ClN3OS2. The summed E-state index contributed by atoms with van der Waals surface area (Å²) in [6, 6.07) is 2.03. The van der Waals surface area contributed by atoms with Crippen molar-refractivity contribution >= 4 is 46.7 Å². The van der Waals surface area contributed by atoms with Crippen LogP contribution in [0.25, 0.3) is 0 Å². The minimum atomic E-state index is -0.226. The van der Waals surface area contributed by atoms with Crippen LogP contribution in [0.3, 0.4) is 0 Å². The number of allylic oxidation sites excluding steroid dienone is 1. The van der Waals surface area contributed by atoms with Gasteiger partial charge < -0.3 is 5.32 Å². The first-order valence-electron chi connectivity index (χ1n) is 5.85. The molecule has 1 aromatic rings. The summed E-state index contributed by atoms with van der Waals surface area (Å²) in [4.78, 5) is 12.8. The third-order valence-corrected chi connectivity index (χ3v) is 5.55. The van der Waals surface area contributed by atoms with Gasteiger partial charge in [0.15, 0.2) is 0 Å². The van der Waals surface area contributed by atoms with Crippen molar-refractivity contribution in [3.63, 3.8) is 0 Å². The minimum Gasteiger partial charge on any atom is -0.347 e. The summed E-state index contributed by atoms with van der Waals surface area (Å²) in [5.74, 6) is 1.14. The Balaban J connectivity index is 1.75. The average molecular weight is 314 g/mol. The van der Waals surface area contributed by atoms with Crippen LogP contribution in [0, 0.1) is 5.41 Å². The molecule has 19 heavy (non-hydrogen) atoms. The van der Waals surface area contributed by atoms with Crippen LogP contribution in [0.4, 0.5) is 0 Å². The van der Waals surface area contributed by atoms with E-state index in [2.05, 4.69) is 28.2 Å². The maximum absolute atomic E-state index is 11.7. The second kappa shape index (κ2) is 5.19. The van der Waals surface area contributed by atoms with Gasteiger partial charge in [-0.1, -0.05) is 6.08 Å². The number of thiophene rings is 1. The predicted octanol–water partition coefficient (Wildman–Crippen LogP) is 2.74. The fraction of sp³-hybridized carbons (Fsp3) is 0.333. The van der Waals surface area contributed by atoms with Gasteiger partial charge in [-0.3, -0.25) is 10.2 Å². The van der Waals surface area contributed by atoms with E-state index >= 15 is 0 Å². The molecule has 1 saturated heterocycles. The molecule has 2 aliphatic heterocycles. The number of hydrogen-bond donors (Lipinski definition) is 2. The van der Waals surface area contributed by atoms with Crippen molar-refractivity contribution in [1.82, 2.24) is 9.74 Å². The third-order valence-electron chi connectivity index (χ3n) is 3.21. The van der Waals surface area contributed by atoms with Crippen LogP contribution < -0.4 is 5.32 Å². The highest BCUT2D eigenvalue weighted by Crippen LogP contribution is 2.39. The standard InChI is InChI=1S/C12H12ClN3OS2/c13-16-11(17)4-9(15-12(16)14)10-3-8(6-19-10)7-1-2-18-5-7/h1-3,5,8-9H,4,6H2,(H2,14,15)/t8?,9-/m0/s1. The van der Waals surface area contributed by atoms with E-state index in [0.717, 1.165) is 15.1 Å². The molecule has 0 aromatic carbocycles. The number of halogens is 1. The Hall–Kier alpha value is -0.980. The van der Waals surface area contributed by atoms with Crippen molar-refractivity contribution in [3.05, 3.63) is 33.4 Å². The van der Waals surface area contributed by atoms with Gasteiger partial charge in [0.05, 0.1) is 12.5 Å². The number of carbonyl (C=O) groups is 1. The van der Waals surface area contributed by atoms with Crippen LogP contribution in [0.1, 0.15) is 17.9 Å². The van der Waals surface area contributed by atoms with E-state index in [9.17, 15) is 4.79 Å². The Morgan fingerprint density at radius 2 is 2.37 bits per heavy atom. The van der Waals surface area contributed by atoms with Gasteiger partial charge in [0.1, 0.15) is 0 Å². The van der Waals surface area contributed by atoms with Gasteiger partial charge in [-0.15, -0.1) is 11.8 Å². The summed E-state index contributed by atoms with van der Waals surface area (Å²) in [5.41, 5.74) is 1.32. The van der Waals surface area contributed by atoms with E-state index in [4.69, 9.17) is 17.2 Å². The molecule has 2 aliphatic rings. The molecule has 0 radical (unpaired) electrons. The molecule has 1 unspecified atom stereocenters. The number of guanidine groups is 1. The molecule has 3 heterocycles. The predicted molar refractivity (Wildman–Crippen MR) is 79.6 cm³/mol. The van der Waals surface area contributed by atoms with E-state index in [0.29, 0.717) is 12.3 Å². The smallest absolute Gasteiger partial charge is 0.246 e. The molecule has 1 amide bonds. The highest BCUT2D eigenvalue weighted by atomic mass is 35.5. The molecule has 0 saturated carbocycles. The maximum atomic E-state index is 11.7. The lowest BCUT2D eigenvalue weighted by molar-refractivity contribution is -0.125. The Labute approximate surface area is 124 Å². The summed E-state index contributed by atoms with van der Waals surface area (Å²) in [6.07, 6.45) is 2.51. The molecule has 1 aromatic heterocycles.